The number of aromatic nitrogens is 5. The molecule has 0 spiro atoms. The van der Waals surface area contributed by atoms with Gasteiger partial charge in [-0.25, -0.2) is 27.5 Å². The Labute approximate surface area is 313 Å². The first kappa shape index (κ1) is 36.6. The summed E-state index contributed by atoms with van der Waals surface area (Å²) >= 11 is 6.26. The summed E-state index contributed by atoms with van der Waals surface area (Å²) in [4.78, 5) is 23.9. The molecule has 274 valence electrons. The largest absolute Gasteiger partial charge is 0.378 e. The normalized spacial score (nSPS) is 12.9. The predicted molar refractivity (Wildman–Crippen MR) is 204 cm³/mol. The van der Waals surface area contributed by atoms with Gasteiger partial charge < -0.3 is 15.0 Å². The fourth-order valence-corrected chi connectivity index (χ4v) is 6.77. The summed E-state index contributed by atoms with van der Waals surface area (Å²) in [7, 11) is 0. The third kappa shape index (κ3) is 7.53. The Morgan fingerprint density at radius 3 is 1.76 bits per heavy atom. The fourth-order valence-electron chi connectivity index (χ4n) is 6.49. The number of morpholine rings is 1. The molecule has 0 bridgehead atoms. The summed E-state index contributed by atoms with van der Waals surface area (Å²) in [5.41, 5.74) is 8.65. The van der Waals surface area contributed by atoms with Crippen molar-refractivity contribution in [2.24, 2.45) is 0 Å². The molecule has 0 unspecified atom stereocenters. The lowest BCUT2D eigenvalue weighted by molar-refractivity contribution is 0.122. The van der Waals surface area contributed by atoms with Crippen LogP contribution in [0.1, 0.15) is 22.3 Å². The van der Waals surface area contributed by atoms with Crippen molar-refractivity contribution in [3.05, 3.63) is 130 Å². The van der Waals surface area contributed by atoms with Gasteiger partial charge in [0.15, 0.2) is 0 Å². The molecule has 8 rings (SSSR count). The molecule has 2 aromatic carbocycles. The highest BCUT2D eigenvalue weighted by atomic mass is 35.5. The van der Waals surface area contributed by atoms with Gasteiger partial charge in [0.1, 0.15) is 23.3 Å². The van der Waals surface area contributed by atoms with Crippen LogP contribution in [0.2, 0.25) is 5.02 Å². The van der Waals surface area contributed by atoms with E-state index in [1.807, 2.05) is 39.0 Å². The highest BCUT2D eigenvalue weighted by Crippen LogP contribution is 2.38. The summed E-state index contributed by atoms with van der Waals surface area (Å²) in [6.45, 7) is 10.4. The first-order chi connectivity index (χ1) is 26.0. The van der Waals surface area contributed by atoms with E-state index in [0.717, 1.165) is 58.7 Å². The van der Waals surface area contributed by atoms with Crippen LogP contribution in [0.3, 0.4) is 0 Å². The van der Waals surface area contributed by atoms with E-state index in [1.54, 1.807) is 44.1 Å². The van der Waals surface area contributed by atoms with Crippen LogP contribution >= 0.6 is 11.6 Å². The SMILES string of the molecule is Cc1cncc(-c2nc3cc(F)cc(F)c3c(Cl)c2C)c1.Cc1cncc(-c2nc3cc(F)cc(F)c3c(Nc3cncc(N4CCOCC4)c3)c2C)c1. The van der Waals surface area contributed by atoms with E-state index in [1.165, 1.54) is 12.1 Å². The van der Waals surface area contributed by atoms with Gasteiger partial charge in [0.25, 0.3) is 0 Å². The van der Waals surface area contributed by atoms with Gasteiger partial charge >= 0.3 is 0 Å². The van der Waals surface area contributed by atoms with Crippen molar-refractivity contribution in [1.82, 2.24) is 24.9 Å². The van der Waals surface area contributed by atoms with Crippen LogP contribution in [0.25, 0.3) is 44.3 Å². The summed E-state index contributed by atoms with van der Waals surface area (Å²) in [6.07, 6.45) is 10.3. The predicted octanol–water partition coefficient (Wildman–Crippen LogP) is 10.0. The smallest absolute Gasteiger partial charge is 0.137 e. The van der Waals surface area contributed by atoms with Crippen molar-refractivity contribution in [2.75, 3.05) is 36.5 Å². The number of hydrogen-bond acceptors (Lipinski definition) is 8. The monoisotopic (exact) mass is 751 g/mol. The molecule has 54 heavy (non-hydrogen) atoms. The van der Waals surface area contributed by atoms with Crippen molar-refractivity contribution in [3.8, 4) is 22.5 Å². The van der Waals surface area contributed by atoms with E-state index in [2.05, 4.69) is 35.1 Å². The van der Waals surface area contributed by atoms with Crippen LogP contribution in [0.15, 0.2) is 79.6 Å². The lowest BCUT2D eigenvalue weighted by Crippen LogP contribution is -2.36. The molecule has 13 heteroatoms. The lowest BCUT2D eigenvalue weighted by Gasteiger charge is -2.28. The molecule has 7 aromatic rings. The van der Waals surface area contributed by atoms with Crippen LogP contribution in [0, 0.1) is 51.0 Å². The molecule has 0 atom stereocenters. The number of nitrogens with one attached hydrogen (secondary N) is 1. The Bertz CT molecular complexity index is 2550. The van der Waals surface area contributed by atoms with Crippen LogP contribution < -0.4 is 10.2 Å². The molecule has 0 radical (unpaired) electrons. The minimum absolute atomic E-state index is 0.139. The first-order valence-electron chi connectivity index (χ1n) is 17.1. The minimum atomic E-state index is -0.709. The second-order valence-electron chi connectivity index (χ2n) is 13.1. The second-order valence-corrected chi connectivity index (χ2v) is 13.5. The summed E-state index contributed by atoms with van der Waals surface area (Å²) in [6, 6.07) is 9.94. The van der Waals surface area contributed by atoms with E-state index in [-0.39, 0.29) is 26.8 Å². The Morgan fingerprint density at radius 1 is 0.630 bits per heavy atom. The number of fused-ring (bicyclic) bond motifs is 2. The number of hydrogen-bond donors (Lipinski definition) is 1. The molecule has 1 N–H and O–H groups in total. The van der Waals surface area contributed by atoms with Crippen molar-refractivity contribution < 1.29 is 22.3 Å². The summed E-state index contributed by atoms with van der Waals surface area (Å²) in [5, 5.41) is 3.95. The lowest BCUT2D eigenvalue weighted by atomic mass is 10.0. The van der Waals surface area contributed by atoms with E-state index in [9.17, 15) is 17.6 Å². The number of nitrogens with zero attached hydrogens (tertiary/aromatic N) is 6. The number of anilines is 3. The molecule has 0 amide bonds. The maximum atomic E-state index is 15.0. The number of rotatable bonds is 5. The maximum absolute atomic E-state index is 15.0. The van der Waals surface area contributed by atoms with Gasteiger partial charge in [-0.15, -0.1) is 0 Å². The highest BCUT2D eigenvalue weighted by Gasteiger charge is 2.20. The van der Waals surface area contributed by atoms with Crippen molar-refractivity contribution >= 4 is 50.5 Å². The molecule has 0 saturated carbocycles. The Kier molecular flexibility index (Phi) is 10.4. The van der Waals surface area contributed by atoms with Gasteiger partial charge in [0, 0.05) is 73.3 Å². The van der Waals surface area contributed by atoms with E-state index >= 15 is 0 Å². The zero-order valence-electron chi connectivity index (χ0n) is 29.8. The van der Waals surface area contributed by atoms with Gasteiger partial charge in [-0.05, 0) is 68.1 Å². The first-order valence-corrected chi connectivity index (χ1v) is 17.5. The van der Waals surface area contributed by atoms with E-state index < -0.39 is 23.3 Å². The maximum Gasteiger partial charge on any atom is 0.137 e. The van der Waals surface area contributed by atoms with Crippen molar-refractivity contribution in [3.63, 3.8) is 0 Å². The molecule has 6 heterocycles. The molecular formula is C41H34ClF4N7O. The molecule has 5 aromatic heterocycles. The van der Waals surface area contributed by atoms with Gasteiger partial charge in [0.05, 0.1) is 80.9 Å². The Balaban J connectivity index is 0.000000184. The van der Waals surface area contributed by atoms with E-state index in [4.69, 9.17) is 16.3 Å². The molecule has 0 aliphatic carbocycles. The van der Waals surface area contributed by atoms with Crippen molar-refractivity contribution in [1.29, 1.82) is 0 Å². The average molecular weight is 752 g/mol. The van der Waals surface area contributed by atoms with Crippen LogP contribution in [-0.4, -0.2) is 51.2 Å². The third-order valence-corrected chi connectivity index (χ3v) is 9.56. The Morgan fingerprint density at radius 2 is 1.17 bits per heavy atom. The van der Waals surface area contributed by atoms with Gasteiger partial charge in [-0.2, -0.15) is 0 Å². The molecule has 1 saturated heterocycles. The van der Waals surface area contributed by atoms with Gasteiger partial charge in [-0.1, -0.05) is 11.6 Å². The number of aryl methyl sites for hydroxylation is 2. The number of halogens is 5. The van der Waals surface area contributed by atoms with Crippen LogP contribution in [0.5, 0.6) is 0 Å². The minimum Gasteiger partial charge on any atom is -0.378 e. The number of ether oxygens (including phenoxy) is 1. The summed E-state index contributed by atoms with van der Waals surface area (Å²) in [5.74, 6) is -2.74. The zero-order valence-corrected chi connectivity index (χ0v) is 30.6. The standard InChI is InChI=1S/C25H23F2N5O.C16H11ClF2N2/c1-15-7-17(12-28-11-15)24-16(2)25(23-21(27)8-18(26)9-22(23)31-24)30-19-10-20(14-29-13-19)32-3-5-33-6-4-32;1-8-3-10(7-20-6-8)16-9(2)15(17)14-12(19)4-11(18)5-13(14)21-16/h7-14H,3-6H2,1-2H3,(H,30,31);3-7H,1-2H3. The molecule has 8 nitrogen and oxygen atoms in total. The third-order valence-electron chi connectivity index (χ3n) is 9.08. The number of pyridine rings is 5. The average Bonchev–Trinajstić information content (AvgIpc) is 3.14. The van der Waals surface area contributed by atoms with Crippen LogP contribution in [-0.2, 0) is 4.74 Å². The van der Waals surface area contributed by atoms with E-state index in [0.29, 0.717) is 41.5 Å². The van der Waals surface area contributed by atoms with Gasteiger partial charge in [0.2, 0.25) is 0 Å². The topological polar surface area (TPSA) is 89.0 Å². The highest BCUT2D eigenvalue weighted by molar-refractivity contribution is 6.36. The zero-order chi connectivity index (χ0) is 38.1. The molecule has 1 fully saturated rings. The fraction of sp³-hybridized carbons (Fsp3) is 0.195. The Hall–Kier alpha value is -5.72. The molecule has 1 aliphatic heterocycles. The van der Waals surface area contributed by atoms with Crippen molar-refractivity contribution in [2.45, 2.75) is 27.7 Å². The molecule has 1 aliphatic rings. The van der Waals surface area contributed by atoms with Gasteiger partial charge in [-0.3, -0.25) is 15.0 Å². The number of benzene rings is 2. The summed E-state index contributed by atoms with van der Waals surface area (Å²) < 4.78 is 61.8. The molecular weight excluding hydrogens is 718 g/mol. The van der Waals surface area contributed by atoms with Crippen LogP contribution in [0.4, 0.5) is 34.6 Å². The quantitative estimate of drug-likeness (QED) is 0.174. The second kappa shape index (κ2) is 15.3.